The molecule has 0 aromatic carbocycles. The van der Waals surface area contributed by atoms with Crippen molar-refractivity contribution in [1.29, 1.82) is 0 Å². The number of halogens is 3. The molecule has 2 bridgehead atoms. The van der Waals surface area contributed by atoms with Crippen molar-refractivity contribution in [3.8, 4) is 0 Å². The minimum absolute atomic E-state index is 0.0206. The highest BCUT2D eigenvalue weighted by molar-refractivity contribution is 9.10. The summed E-state index contributed by atoms with van der Waals surface area (Å²) in [6.07, 6.45) is 2.73. The molecule has 1 aromatic rings. The number of carbonyl (C=O) groups excluding carboxylic acids is 1. The molecular formula is C15H17BrCl2N2O5S2. The van der Waals surface area contributed by atoms with Crippen LogP contribution in [0.25, 0.3) is 0 Å². The Hall–Kier alpha value is -0.550. The maximum absolute atomic E-state index is 12.5. The molecule has 0 spiro atoms. The van der Waals surface area contributed by atoms with Crippen LogP contribution in [-0.4, -0.2) is 42.5 Å². The second-order valence-corrected chi connectivity index (χ2v) is 11.4. The van der Waals surface area contributed by atoms with Gasteiger partial charge in [0.25, 0.3) is 10.0 Å². The van der Waals surface area contributed by atoms with E-state index < -0.39 is 22.0 Å². The number of carbonyl (C=O) groups is 2. The predicted molar refractivity (Wildman–Crippen MR) is 106 cm³/mol. The van der Waals surface area contributed by atoms with Gasteiger partial charge in [-0.25, -0.2) is 17.9 Å². The van der Waals surface area contributed by atoms with Crippen LogP contribution in [0.2, 0.25) is 8.67 Å². The number of piperidine rings is 2. The average molecular weight is 520 g/mol. The highest BCUT2D eigenvalue weighted by atomic mass is 79.9. The number of nitrogens with one attached hydrogen (secondary N) is 1. The van der Waals surface area contributed by atoms with Crippen LogP contribution in [0.1, 0.15) is 38.5 Å². The third kappa shape index (κ3) is 4.39. The summed E-state index contributed by atoms with van der Waals surface area (Å²) in [5.41, 5.74) is 0. The summed E-state index contributed by atoms with van der Waals surface area (Å²) >= 11 is 15.8. The summed E-state index contributed by atoms with van der Waals surface area (Å²) in [5, 5.41) is 9.39. The number of rotatable bonds is 4. The van der Waals surface area contributed by atoms with Crippen molar-refractivity contribution >= 4 is 72.5 Å². The number of amides is 2. The van der Waals surface area contributed by atoms with Crippen molar-refractivity contribution in [3.63, 3.8) is 0 Å². The van der Waals surface area contributed by atoms with Gasteiger partial charge < -0.3 is 10.0 Å². The highest BCUT2D eigenvalue weighted by Crippen LogP contribution is 2.43. The molecule has 12 heteroatoms. The van der Waals surface area contributed by atoms with E-state index in [1.54, 1.807) is 0 Å². The monoisotopic (exact) mass is 518 g/mol. The lowest BCUT2D eigenvalue weighted by molar-refractivity contribution is -0.121. The van der Waals surface area contributed by atoms with Crippen LogP contribution in [0.15, 0.2) is 9.37 Å². The molecule has 2 aliphatic heterocycles. The molecule has 1 aromatic heterocycles. The van der Waals surface area contributed by atoms with Gasteiger partial charge in [0.05, 0.1) is 4.47 Å². The van der Waals surface area contributed by atoms with Gasteiger partial charge in [-0.1, -0.05) is 23.2 Å². The van der Waals surface area contributed by atoms with E-state index in [0.717, 1.165) is 30.6 Å². The average Bonchev–Trinajstić information content (AvgIpc) is 2.78. The lowest BCUT2D eigenvalue weighted by Gasteiger charge is -2.47. The molecule has 2 fully saturated rings. The van der Waals surface area contributed by atoms with Crippen LogP contribution < -0.4 is 4.72 Å². The fourth-order valence-corrected chi connectivity index (χ4v) is 8.60. The van der Waals surface area contributed by atoms with E-state index in [4.69, 9.17) is 23.2 Å². The van der Waals surface area contributed by atoms with Crippen molar-refractivity contribution in [1.82, 2.24) is 9.62 Å². The summed E-state index contributed by atoms with van der Waals surface area (Å²) in [6.45, 7) is 0. The van der Waals surface area contributed by atoms with E-state index in [2.05, 4.69) is 20.7 Å². The van der Waals surface area contributed by atoms with Crippen LogP contribution in [0.5, 0.6) is 0 Å². The topological polar surface area (TPSA) is 104 Å². The molecule has 150 valence electrons. The Bertz CT molecular complexity index is 862. The Labute approximate surface area is 179 Å². The number of thiophene rings is 1. The predicted octanol–water partition coefficient (Wildman–Crippen LogP) is 4.32. The summed E-state index contributed by atoms with van der Waals surface area (Å²) in [6, 6.07) is -0.215. The van der Waals surface area contributed by atoms with E-state index in [1.165, 1.54) is 4.90 Å². The van der Waals surface area contributed by atoms with E-state index in [-0.39, 0.29) is 42.5 Å². The molecule has 2 aliphatic rings. The zero-order valence-corrected chi connectivity index (χ0v) is 18.7. The fourth-order valence-electron chi connectivity index (χ4n) is 4.05. The third-order valence-corrected chi connectivity index (χ3v) is 9.85. The Balaban J connectivity index is 1.67. The zero-order valence-electron chi connectivity index (χ0n) is 14.0. The normalized spacial score (nSPS) is 25.3. The van der Waals surface area contributed by atoms with Crippen LogP contribution >= 0.6 is 50.5 Å². The first-order valence-electron chi connectivity index (χ1n) is 8.30. The maximum Gasteiger partial charge on any atom is 0.407 e. The maximum atomic E-state index is 12.5. The molecule has 3 heterocycles. The fraction of sp³-hybridized carbons (Fsp3) is 0.600. The molecular weight excluding hydrogens is 503 g/mol. The molecule has 0 aliphatic carbocycles. The molecule has 2 saturated heterocycles. The number of fused-ring (bicyclic) bond motifs is 2. The first-order chi connectivity index (χ1) is 12.6. The summed E-state index contributed by atoms with van der Waals surface area (Å²) in [7, 11) is -4.15. The lowest BCUT2D eigenvalue weighted by atomic mass is 9.77. The Morgan fingerprint density at radius 3 is 2.30 bits per heavy atom. The Morgan fingerprint density at radius 2 is 1.81 bits per heavy atom. The van der Waals surface area contributed by atoms with Gasteiger partial charge in [0, 0.05) is 18.5 Å². The summed E-state index contributed by atoms with van der Waals surface area (Å²) in [5.74, 6) is -0.691. The quantitative estimate of drug-likeness (QED) is 0.616. The first kappa shape index (κ1) is 21.2. The van der Waals surface area contributed by atoms with Crippen LogP contribution in [0, 0.1) is 5.92 Å². The number of hydrogen-bond donors (Lipinski definition) is 2. The van der Waals surface area contributed by atoms with E-state index in [9.17, 15) is 23.1 Å². The van der Waals surface area contributed by atoms with Crippen LogP contribution in [-0.2, 0) is 14.8 Å². The minimum atomic E-state index is -4.15. The van der Waals surface area contributed by atoms with E-state index in [0.29, 0.717) is 12.8 Å². The summed E-state index contributed by atoms with van der Waals surface area (Å²) in [4.78, 5) is 25.1. The molecule has 2 atom stereocenters. The van der Waals surface area contributed by atoms with Gasteiger partial charge in [-0.3, -0.25) is 4.79 Å². The molecule has 2 N–H and O–H groups in total. The SMILES string of the molecule is O=C(CC1CC2CCCC(C1)N2C(=O)O)NS(=O)(=O)c1c(Cl)sc(Cl)c1Br. The number of nitrogens with zero attached hydrogens (tertiary/aromatic N) is 1. The highest BCUT2D eigenvalue weighted by Gasteiger charge is 2.41. The van der Waals surface area contributed by atoms with Gasteiger partial charge in [0.15, 0.2) is 0 Å². The molecule has 7 nitrogen and oxygen atoms in total. The Morgan fingerprint density at radius 1 is 1.22 bits per heavy atom. The molecule has 0 saturated carbocycles. The van der Waals surface area contributed by atoms with Gasteiger partial charge >= 0.3 is 6.09 Å². The van der Waals surface area contributed by atoms with Crippen LogP contribution in [0.3, 0.4) is 0 Å². The van der Waals surface area contributed by atoms with Crippen LogP contribution in [0.4, 0.5) is 4.79 Å². The smallest absolute Gasteiger partial charge is 0.407 e. The number of carboxylic acid groups (broad SMARTS) is 1. The van der Waals surface area contributed by atoms with Gasteiger partial charge in [0.1, 0.15) is 13.6 Å². The molecule has 3 rings (SSSR count). The number of hydrogen-bond acceptors (Lipinski definition) is 5. The van der Waals surface area contributed by atoms with E-state index in [1.807, 2.05) is 0 Å². The summed E-state index contributed by atoms with van der Waals surface area (Å²) < 4.78 is 27.3. The van der Waals surface area contributed by atoms with Crippen molar-refractivity contribution in [2.45, 2.75) is 55.5 Å². The van der Waals surface area contributed by atoms with Gasteiger partial charge in [0.2, 0.25) is 5.91 Å². The largest absolute Gasteiger partial charge is 0.465 e. The lowest BCUT2D eigenvalue weighted by Crippen LogP contribution is -2.54. The standard InChI is InChI=1S/C15H17BrCl2N2O5S2/c16-11-12(14(18)26-13(11)17)27(24,25)19-10(21)6-7-4-8-2-1-3-9(5-7)20(8)15(22)23/h7-9H,1-6H2,(H,19,21)(H,22,23). The molecule has 2 unspecified atom stereocenters. The number of sulfonamides is 1. The molecule has 2 amide bonds. The van der Waals surface area contributed by atoms with Crippen molar-refractivity contribution in [2.24, 2.45) is 5.92 Å². The van der Waals surface area contributed by atoms with Crippen molar-refractivity contribution in [3.05, 3.63) is 13.1 Å². The zero-order chi connectivity index (χ0) is 19.9. The second kappa shape index (κ2) is 8.06. The van der Waals surface area contributed by atoms with Crippen molar-refractivity contribution < 1.29 is 23.1 Å². The first-order valence-corrected chi connectivity index (χ1v) is 12.1. The third-order valence-electron chi connectivity index (χ3n) is 5.01. The van der Waals surface area contributed by atoms with Gasteiger partial charge in [-0.2, -0.15) is 0 Å². The molecule has 27 heavy (non-hydrogen) atoms. The Kier molecular flexibility index (Phi) is 6.32. The van der Waals surface area contributed by atoms with E-state index >= 15 is 0 Å². The molecule has 0 radical (unpaired) electrons. The minimum Gasteiger partial charge on any atom is -0.465 e. The second-order valence-electron chi connectivity index (χ2n) is 6.79. The van der Waals surface area contributed by atoms with Crippen molar-refractivity contribution in [2.75, 3.05) is 0 Å². The van der Waals surface area contributed by atoms with Gasteiger partial charge in [-0.05, 0) is 54.0 Å². The van der Waals surface area contributed by atoms with Gasteiger partial charge in [-0.15, -0.1) is 11.3 Å².